The predicted molar refractivity (Wildman–Crippen MR) is 64.8 cm³/mol. The van der Waals surface area contributed by atoms with Gasteiger partial charge in [0.1, 0.15) is 0 Å². The molecule has 0 fully saturated rings. The third-order valence-electron chi connectivity index (χ3n) is 2.09. The molecule has 0 rings (SSSR count). The molecule has 0 amide bonds. The van der Waals surface area contributed by atoms with Gasteiger partial charge in [-0.25, -0.2) is 9.59 Å². The average Bonchev–Trinajstić information content (AvgIpc) is 2.23. The van der Waals surface area contributed by atoms with Crippen LogP contribution < -0.4 is 0 Å². The van der Waals surface area contributed by atoms with Gasteiger partial charge < -0.3 is 9.47 Å². The van der Waals surface area contributed by atoms with Gasteiger partial charge in [0.2, 0.25) is 0 Å². The Morgan fingerprint density at radius 3 is 2.00 bits per heavy atom. The van der Waals surface area contributed by atoms with Gasteiger partial charge in [0.15, 0.2) is 12.2 Å². The van der Waals surface area contributed by atoms with Crippen molar-refractivity contribution in [1.29, 1.82) is 0 Å². The van der Waals surface area contributed by atoms with Crippen LogP contribution in [0.25, 0.3) is 0 Å². The monoisotopic (exact) mass is 318 g/mol. The van der Waals surface area contributed by atoms with E-state index in [0.717, 1.165) is 13.8 Å². The molecule has 0 spiro atoms. The first-order chi connectivity index (χ1) is 8.71. The number of hydrogen-bond acceptors (Lipinski definition) is 5. The van der Waals surface area contributed by atoms with Crippen molar-refractivity contribution in [1.82, 2.24) is 0 Å². The number of carbonyl (C=O) groups excluding carboxylic acids is 2. The highest BCUT2D eigenvalue weighted by molar-refractivity contribution is 7.81. The lowest BCUT2D eigenvalue weighted by molar-refractivity contribution is -0.218. The molecule has 0 saturated heterocycles. The van der Waals surface area contributed by atoms with Crippen molar-refractivity contribution in [3.8, 4) is 0 Å². The standard InChI is InChI=1S/C11H14F4O4S/c1-6(2)7(16)19-9(3,4)11(14,15)8(17)18-5-10(12,13)20/h20H,1,5H2,2-4H3. The summed E-state index contributed by atoms with van der Waals surface area (Å²) in [7, 11) is 0. The second kappa shape index (κ2) is 6.02. The van der Waals surface area contributed by atoms with Crippen LogP contribution in [0.5, 0.6) is 0 Å². The lowest BCUT2D eigenvalue weighted by atomic mass is 10.0. The number of carbonyl (C=O) groups is 2. The molecule has 0 atom stereocenters. The zero-order chi connectivity index (χ0) is 16.4. The molecule has 0 aromatic heterocycles. The van der Waals surface area contributed by atoms with E-state index in [1.807, 2.05) is 0 Å². The summed E-state index contributed by atoms with van der Waals surface area (Å²) >= 11 is 2.73. The molecule has 4 nitrogen and oxygen atoms in total. The van der Waals surface area contributed by atoms with Crippen LogP contribution >= 0.6 is 12.6 Å². The molecule has 0 bridgehead atoms. The van der Waals surface area contributed by atoms with Crippen LogP contribution in [0.2, 0.25) is 0 Å². The maximum atomic E-state index is 13.7. The molecule has 0 aromatic rings. The Morgan fingerprint density at radius 1 is 1.20 bits per heavy atom. The summed E-state index contributed by atoms with van der Waals surface area (Å²) in [6.07, 6.45) is 0. The van der Waals surface area contributed by atoms with E-state index in [1.54, 1.807) is 0 Å². The SMILES string of the molecule is C=C(C)C(=O)OC(C)(C)C(F)(F)C(=O)OCC(F)(F)S. The lowest BCUT2D eigenvalue weighted by Gasteiger charge is -2.31. The van der Waals surface area contributed by atoms with Crippen LogP contribution in [-0.2, 0) is 19.1 Å². The molecular weight excluding hydrogens is 304 g/mol. The second-order valence-electron chi connectivity index (χ2n) is 4.50. The number of halogens is 4. The third-order valence-corrected chi connectivity index (χ3v) is 2.21. The number of hydrogen-bond donors (Lipinski definition) is 1. The molecule has 0 unspecified atom stereocenters. The number of alkyl halides is 4. The Kier molecular flexibility index (Phi) is 5.65. The zero-order valence-electron chi connectivity index (χ0n) is 11.0. The first-order valence-corrected chi connectivity index (χ1v) is 5.69. The molecule has 9 heteroatoms. The van der Waals surface area contributed by atoms with E-state index in [0.29, 0.717) is 0 Å². The highest BCUT2D eigenvalue weighted by atomic mass is 32.1. The summed E-state index contributed by atoms with van der Waals surface area (Å²) in [4.78, 5) is 22.4. The Hall–Kier alpha value is -1.25. The van der Waals surface area contributed by atoms with E-state index < -0.39 is 35.3 Å². The van der Waals surface area contributed by atoms with Crippen molar-refractivity contribution in [2.24, 2.45) is 0 Å². The van der Waals surface area contributed by atoms with Gasteiger partial charge >= 0.3 is 23.1 Å². The molecule has 0 aromatic carbocycles. The topological polar surface area (TPSA) is 52.6 Å². The number of thiol groups is 1. The van der Waals surface area contributed by atoms with Crippen molar-refractivity contribution in [2.45, 2.75) is 37.5 Å². The van der Waals surface area contributed by atoms with E-state index in [9.17, 15) is 27.2 Å². The Morgan fingerprint density at radius 2 is 1.65 bits per heavy atom. The Balaban J connectivity index is 4.95. The largest absolute Gasteiger partial charge is 0.454 e. The fourth-order valence-electron chi connectivity index (χ4n) is 0.872. The van der Waals surface area contributed by atoms with E-state index in [4.69, 9.17) is 0 Å². The fraction of sp³-hybridized carbons (Fsp3) is 0.636. The highest BCUT2D eigenvalue weighted by Gasteiger charge is 2.58. The maximum absolute atomic E-state index is 13.7. The molecular formula is C11H14F4O4S. The summed E-state index contributed by atoms with van der Waals surface area (Å²) in [5, 5.41) is -3.75. The zero-order valence-corrected chi connectivity index (χ0v) is 11.9. The number of ether oxygens (including phenoxy) is 2. The molecule has 20 heavy (non-hydrogen) atoms. The van der Waals surface area contributed by atoms with Gasteiger partial charge in [-0.2, -0.15) is 17.6 Å². The van der Waals surface area contributed by atoms with Crippen LogP contribution in [0, 0.1) is 0 Å². The number of rotatable bonds is 6. The molecule has 0 radical (unpaired) electrons. The van der Waals surface area contributed by atoms with E-state index in [1.165, 1.54) is 6.92 Å². The van der Waals surface area contributed by atoms with Crippen LogP contribution in [0.1, 0.15) is 20.8 Å². The molecule has 0 aliphatic rings. The molecule has 0 aliphatic heterocycles. The summed E-state index contributed by atoms with van der Waals surface area (Å²) in [5.74, 6) is -7.72. The van der Waals surface area contributed by atoms with E-state index in [-0.39, 0.29) is 5.57 Å². The van der Waals surface area contributed by atoms with Gasteiger partial charge in [-0.3, -0.25) is 0 Å². The normalized spacial score (nSPS) is 12.8. The quantitative estimate of drug-likeness (QED) is 0.354. The van der Waals surface area contributed by atoms with Crippen molar-refractivity contribution in [3.05, 3.63) is 12.2 Å². The summed E-state index contributed by atoms with van der Waals surface area (Å²) in [6, 6.07) is 0. The van der Waals surface area contributed by atoms with Crippen LogP contribution in [0.4, 0.5) is 17.6 Å². The maximum Gasteiger partial charge on any atom is 0.381 e. The van der Waals surface area contributed by atoms with Crippen molar-refractivity contribution in [3.63, 3.8) is 0 Å². The van der Waals surface area contributed by atoms with Crippen LogP contribution in [-0.4, -0.2) is 35.3 Å². The van der Waals surface area contributed by atoms with Crippen molar-refractivity contribution < 1.29 is 36.6 Å². The van der Waals surface area contributed by atoms with Gasteiger partial charge in [0.25, 0.3) is 0 Å². The van der Waals surface area contributed by atoms with Crippen molar-refractivity contribution in [2.75, 3.05) is 6.61 Å². The first kappa shape index (κ1) is 18.8. The average molecular weight is 318 g/mol. The number of esters is 2. The molecule has 0 saturated carbocycles. The minimum Gasteiger partial charge on any atom is -0.454 e. The van der Waals surface area contributed by atoms with Gasteiger partial charge in [-0.1, -0.05) is 6.58 Å². The Bertz CT molecular complexity index is 415. The first-order valence-electron chi connectivity index (χ1n) is 5.25. The molecule has 116 valence electrons. The van der Waals surface area contributed by atoms with Crippen LogP contribution in [0.3, 0.4) is 0 Å². The van der Waals surface area contributed by atoms with Gasteiger partial charge in [-0.05, 0) is 20.8 Å². The lowest BCUT2D eigenvalue weighted by Crippen LogP contribution is -2.53. The van der Waals surface area contributed by atoms with Crippen molar-refractivity contribution >= 4 is 24.6 Å². The summed E-state index contributed by atoms with van der Waals surface area (Å²) in [6.45, 7) is 4.27. The van der Waals surface area contributed by atoms with E-state index >= 15 is 0 Å². The van der Waals surface area contributed by atoms with Gasteiger partial charge in [0, 0.05) is 5.57 Å². The van der Waals surface area contributed by atoms with Gasteiger partial charge in [-0.15, -0.1) is 12.6 Å². The molecule has 0 N–H and O–H groups in total. The Labute approximate surface area is 118 Å². The molecule has 0 heterocycles. The summed E-state index contributed by atoms with van der Waals surface area (Å²) < 4.78 is 60.3. The second-order valence-corrected chi connectivity index (χ2v) is 5.15. The minimum atomic E-state index is -4.32. The van der Waals surface area contributed by atoms with E-state index in [2.05, 4.69) is 28.7 Å². The van der Waals surface area contributed by atoms with Crippen LogP contribution in [0.15, 0.2) is 12.2 Å². The fourth-order valence-corrected chi connectivity index (χ4v) is 0.936. The predicted octanol–water partition coefficient (Wildman–Crippen LogP) is 2.59. The molecule has 0 aliphatic carbocycles. The van der Waals surface area contributed by atoms with Gasteiger partial charge in [0.05, 0.1) is 0 Å². The smallest absolute Gasteiger partial charge is 0.381 e. The minimum absolute atomic E-state index is 0.163. The highest BCUT2D eigenvalue weighted by Crippen LogP contribution is 2.34. The summed E-state index contributed by atoms with van der Waals surface area (Å²) in [5.41, 5.74) is -2.75. The third kappa shape index (κ3) is 5.03.